The van der Waals surface area contributed by atoms with E-state index in [4.69, 9.17) is 26.8 Å². The Morgan fingerprint density at radius 2 is 1.81 bits per heavy atom. The number of rotatable bonds is 9. The maximum Gasteiger partial charge on any atom is 0.276 e. The Balaban J connectivity index is 1.74. The number of hydrogen-bond donors (Lipinski definition) is 2. The highest BCUT2D eigenvalue weighted by molar-refractivity contribution is 7.89. The molecule has 0 radical (unpaired) electrons. The minimum Gasteiger partial charge on any atom is -0.496 e. The van der Waals surface area contributed by atoms with Crippen LogP contribution in [0.5, 0.6) is 11.5 Å². The van der Waals surface area contributed by atoms with Crippen LogP contribution in [0.25, 0.3) is 0 Å². The van der Waals surface area contributed by atoms with Crippen LogP contribution in [0, 0.1) is 0 Å². The third-order valence-corrected chi connectivity index (χ3v) is 5.84. The van der Waals surface area contributed by atoms with Gasteiger partial charge in [0.05, 0.1) is 23.8 Å². The molecule has 0 spiro atoms. The van der Waals surface area contributed by atoms with Crippen molar-refractivity contribution in [3.8, 4) is 11.5 Å². The number of para-hydroxylation sites is 1. The molecule has 3 aromatic carbocycles. The molecular formula is C22H20ClN3O5S. The average molecular weight is 474 g/mol. The predicted octanol–water partition coefficient (Wildman–Crippen LogP) is 3.34. The van der Waals surface area contributed by atoms with Crippen molar-refractivity contribution < 1.29 is 22.7 Å². The smallest absolute Gasteiger partial charge is 0.276 e. The summed E-state index contributed by atoms with van der Waals surface area (Å²) < 4.78 is 35.7. The molecule has 0 aliphatic carbocycles. The third-order valence-electron chi connectivity index (χ3n) is 4.35. The van der Waals surface area contributed by atoms with Crippen molar-refractivity contribution in [1.29, 1.82) is 0 Å². The second kappa shape index (κ2) is 10.2. The van der Waals surface area contributed by atoms with E-state index in [1.54, 1.807) is 42.5 Å². The molecule has 0 bridgehead atoms. The number of amides is 1. The summed E-state index contributed by atoms with van der Waals surface area (Å²) in [6, 6.07) is 17.5. The number of nitrogens with two attached hydrogens (primary N) is 1. The van der Waals surface area contributed by atoms with E-state index in [2.05, 4.69) is 9.93 Å². The summed E-state index contributed by atoms with van der Waals surface area (Å²) in [4.78, 5) is 13.8. The standard InChI is InChI=1S/C22H20ClN3O5S/c1-30-20-11-6-15(13-25-26-32(28,29)18-9-7-17(23)8-10-18)12-16(20)14-31-21-5-3-2-4-19(21)22(24)27/h2-13,26H,14H2,1H3,(H2,24,27)/b25-13+. The number of primary amides is 1. The summed E-state index contributed by atoms with van der Waals surface area (Å²) in [5.41, 5.74) is 6.91. The molecule has 1 amide bonds. The Hall–Kier alpha value is -3.56. The number of methoxy groups -OCH3 is 1. The zero-order valence-electron chi connectivity index (χ0n) is 17.0. The molecule has 32 heavy (non-hydrogen) atoms. The Morgan fingerprint density at radius 3 is 2.50 bits per heavy atom. The van der Waals surface area contributed by atoms with Crippen molar-refractivity contribution in [3.63, 3.8) is 0 Å². The van der Waals surface area contributed by atoms with Gasteiger partial charge in [-0.15, -0.1) is 0 Å². The zero-order valence-corrected chi connectivity index (χ0v) is 18.6. The minimum atomic E-state index is -3.83. The van der Waals surface area contributed by atoms with E-state index in [-0.39, 0.29) is 17.1 Å². The first-order valence-electron chi connectivity index (χ1n) is 9.29. The molecule has 0 unspecified atom stereocenters. The topological polar surface area (TPSA) is 120 Å². The number of carbonyl (C=O) groups excluding carboxylic acids is 1. The van der Waals surface area contributed by atoms with Gasteiger partial charge >= 0.3 is 0 Å². The van der Waals surface area contributed by atoms with Gasteiger partial charge in [-0.3, -0.25) is 4.79 Å². The Kier molecular flexibility index (Phi) is 7.34. The number of carbonyl (C=O) groups is 1. The lowest BCUT2D eigenvalue weighted by atomic mass is 10.1. The van der Waals surface area contributed by atoms with E-state index in [1.165, 1.54) is 37.6 Å². The van der Waals surface area contributed by atoms with Gasteiger partial charge in [-0.05, 0) is 60.2 Å². The molecule has 0 saturated heterocycles. The first kappa shape index (κ1) is 23.1. The van der Waals surface area contributed by atoms with E-state index in [0.29, 0.717) is 27.6 Å². The van der Waals surface area contributed by atoms with E-state index < -0.39 is 15.9 Å². The molecule has 0 atom stereocenters. The van der Waals surface area contributed by atoms with E-state index >= 15 is 0 Å². The number of nitrogens with one attached hydrogen (secondary N) is 1. The Labute approximate surface area is 190 Å². The predicted molar refractivity (Wildman–Crippen MR) is 122 cm³/mol. The van der Waals surface area contributed by atoms with Crippen molar-refractivity contribution in [1.82, 2.24) is 4.83 Å². The van der Waals surface area contributed by atoms with Crippen LogP contribution in [0.4, 0.5) is 0 Å². The summed E-state index contributed by atoms with van der Waals surface area (Å²) >= 11 is 5.79. The minimum absolute atomic E-state index is 0.0380. The van der Waals surface area contributed by atoms with Gasteiger partial charge in [0.1, 0.15) is 18.1 Å². The molecule has 3 aromatic rings. The normalized spacial score (nSPS) is 11.3. The number of hydrazone groups is 1. The van der Waals surface area contributed by atoms with Gasteiger partial charge in [-0.25, -0.2) is 4.83 Å². The summed E-state index contributed by atoms with van der Waals surface area (Å²) in [5, 5.41) is 4.26. The molecule has 0 aliphatic rings. The first-order valence-corrected chi connectivity index (χ1v) is 11.2. The number of halogens is 1. The van der Waals surface area contributed by atoms with Crippen LogP contribution < -0.4 is 20.0 Å². The van der Waals surface area contributed by atoms with Crippen molar-refractivity contribution in [2.75, 3.05) is 7.11 Å². The van der Waals surface area contributed by atoms with Crippen LogP contribution in [0.2, 0.25) is 5.02 Å². The first-order chi connectivity index (χ1) is 15.3. The lowest BCUT2D eigenvalue weighted by Crippen LogP contribution is -2.18. The van der Waals surface area contributed by atoms with Gasteiger partial charge < -0.3 is 15.2 Å². The number of ether oxygens (including phenoxy) is 2. The van der Waals surface area contributed by atoms with Gasteiger partial charge in [0, 0.05) is 10.6 Å². The highest BCUT2D eigenvalue weighted by atomic mass is 35.5. The summed E-state index contributed by atoms with van der Waals surface area (Å²) in [5.74, 6) is 0.304. The van der Waals surface area contributed by atoms with Crippen LogP contribution in [-0.2, 0) is 16.6 Å². The molecule has 8 nitrogen and oxygen atoms in total. The summed E-state index contributed by atoms with van der Waals surface area (Å²) in [6.07, 6.45) is 1.35. The van der Waals surface area contributed by atoms with Crippen LogP contribution >= 0.6 is 11.6 Å². The highest BCUT2D eigenvalue weighted by Gasteiger charge is 2.13. The van der Waals surface area contributed by atoms with Crippen LogP contribution in [0.3, 0.4) is 0 Å². The molecule has 0 fully saturated rings. The second-order valence-electron chi connectivity index (χ2n) is 6.53. The summed E-state index contributed by atoms with van der Waals surface area (Å²) in [6.45, 7) is 0.0889. The molecule has 0 saturated carbocycles. The van der Waals surface area contributed by atoms with Gasteiger partial charge in [-0.1, -0.05) is 23.7 Å². The SMILES string of the molecule is COc1ccc(/C=N/NS(=O)(=O)c2ccc(Cl)cc2)cc1COc1ccccc1C(N)=O. The van der Waals surface area contributed by atoms with Crippen LogP contribution in [0.1, 0.15) is 21.5 Å². The van der Waals surface area contributed by atoms with Crippen molar-refractivity contribution >= 4 is 33.7 Å². The fourth-order valence-electron chi connectivity index (χ4n) is 2.78. The highest BCUT2D eigenvalue weighted by Crippen LogP contribution is 2.24. The van der Waals surface area contributed by atoms with E-state index in [0.717, 1.165) is 0 Å². The fourth-order valence-corrected chi connectivity index (χ4v) is 3.70. The van der Waals surface area contributed by atoms with Crippen molar-refractivity contribution in [2.24, 2.45) is 10.8 Å². The lowest BCUT2D eigenvalue weighted by molar-refractivity contribution is 0.0996. The van der Waals surface area contributed by atoms with Gasteiger partial charge in [-0.2, -0.15) is 13.5 Å². The number of benzene rings is 3. The van der Waals surface area contributed by atoms with Gasteiger partial charge in [0.2, 0.25) is 0 Å². The number of nitrogens with zero attached hydrogens (tertiary/aromatic N) is 1. The molecule has 10 heteroatoms. The Bertz CT molecular complexity index is 1240. The quantitative estimate of drug-likeness (QED) is 0.365. The van der Waals surface area contributed by atoms with Gasteiger partial charge in [0.25, 0.3) is 15.9 Å². The molecule has 0 aliphatic heterocycles. The molecule has 0 heterocycles. The molecule has 0 aromatic heterocycles. The molecular weight excluding hydrogens is 454 g/mol. The van der Waals surface area contributed by atoms with E-state index in [9.17, 15) is 13.2 Å². The van der Waals surface area contributed by atoms with Crippen molar-refractivity contribution in [2.45, 2.75) is 11.5 Å². The van der Waals surface area contributed by atoms with Gasteiger partial charge in [0.15, 0.2) is 0 Å². The van der Waals surface area contributed by atoms with Crippen molar-refractivity contribution in [3.05, 3.63) is 88.4 Å². The third kappa shape index (κ3) is 5.77. The summed E-state index contributed by atoms with van der Waals surface area (Å²) in [7, 11) is -2.31. The second-order valence-corrected chi connectivity index (χ2v) is 8.62. The molecule has 166 valence electrons. The number of sulfonamides is 1. The average Bonchev–Trinajstić information content (AvgIpc) is 2.78. The molecule has 3 rings (SSSR count). The van der Waals surface area contributed by atoms with Crippen LogP contribution in [-0.4, -0.2) is 27.6 Å². The van der Waals surface area contributed by atoms with E-state index in [1.807, 2.05) is 0 Å². The number of hydrogen-bond acceptors (Lipinski definition) is 6. The molecule has 3 N–H and O–H groups in total. The zero-order chi connectivity index (χ0) is 23.1. The maximum absolute atomic E-state index is 12.3. The lowest BCUT2D eigenvalue weighted by Gasteiger charge is -2.13. The van der Waals surface area contributed by atoms with Crippen LogP contribution in [0.15, 0.2) is 76.7 Å². The monoisotopic (exact) mass is 473 g/mol. The fraction of sp³-hybridized carbons (Fsp3) is 0.0909. The largest absolute Gasteiger partial charge is 0.496 e. The maximum atomic E-state index is 12.3. The Morgan fingerprint density at radius 1 is 1.09 bits per heavy atom.